The van der Waals surface area contributed by atoms with Crippen LogP contribution in [0.25, 0.3) is 0 Å². The zero-order chi connectivity index (χ0) is 9.14. The third kappa shape index (κ3) is 2.05. The van der Waals surface area contributed by atoms with E-state index in [1.165, 1.54) is 12.1 Å². The van der Waals surface area contributed by atoms with Gasteiger partial charge in [0.05, 0.1) is 6.10 Å². The summed E-state index contributed by atoms with van der Waals surface area (Å²) in [6.45, 7) is 3.80. The second-order valence-electron chi connectivity index (χ2n) is 3.24. The van der Waals surface area contributed by atoms with Gasteiger partial charge >= 0.3 is 0 Å². The average Bonchev–Trinajstić information content (AvgIpc) is 2.03. The minimum absolute atomic E-state index is 0.117. The van der Waals surface area contributed by atoms with Gasteiger partial charge in [0.15, 0.2) is 0 Å². The highest BCUT2D eigenvalue weighted by molar-refractivity contribution is 5.18. The highest BCUT2D eigenvalue weighted by atomic mass is 19.1. The normalized spacial score (nSPS) is 13.4. The molecule has 0 amide bonds. The molecule has 0 saturated heterocycles. The summed E-state index contributed by atoms with van der Waals surface area (Å²) in [5, 5.41) is 9.56. The second kappa shape index (κ2) is 3.68. The summed E-state index contributed by atoms with van der Waals surface area (Å²) in [6, 6.07) is 6.07. The van der Waals surface area contributed by atoms with E-state index in [1.807, 2.05) is 13.8 Å². The van der Waals surface area contributed by atoms with Gasteiger partial charge in [0.2, 0.25) is 0 Å². The third-order valence-electron chi connectivity index (χ3n) is 1.82. The Bertz CT molecular complexity index is 258. The molecule has 1 aromatic carbocycles. The predicted molar refractivity (Wildman–Crippen MR) is 46.2 cm³/mol. The van der Waals surface area contributed by atoms with Gasteiger partial charge in [0.25, 0.3) is 0 Å². The van der Waals surface area contributed by atoms with Crippen molar-refractivity contribution in [2.75, 3.05) is 0 Å². The number of aliphatic hydroxyl groups excluding tert-OH is 1. The molecule has 0 heterocycles. The van der Waals surface area contributed by atoms with Crippen LogP contribution in [0.4, 0.5) is 4.39 Å². The molecule has 2 heteroatoms. The maximum atomic E-state index is 12.7. The van der Waals surface area contributed by atoms with Crippen LogP contribution in [0, 0.1) is 11.7 Å². The predicted octanol–water partition coefficient (Wildman–Crippen LogP) is 2.52. The first-order valence-electron chi connectivity index (χ1n) is 4.05. The highest BCUT2D eigenvalue weighted by Crippen LogP contribution is 2.21. The largest absolute Gasteiger partial charge is 0.388 e. The summed E-state index contributed by atoms with van der Waals surface area (Å²) in [6.07, 6.45) is -0.569. The lowest BCUT2D eigenvalue weighted by molar-refractivity contribution is 0.126. The van der Waals surface area contributed by atoms with Crippen molar-refractivity contribution < 1.29 is 9.50 Å². The van der Waals surface area contributed by atoms with E-state index in [4.69, 9.17) is 0 Å². The van der Waals surface area contributed by atoms with E-state index in [0.717, 1.165) is 0 Å². The lowest BCUT2D eigenvalue weighted by Crippen LogP contribution is -2.05. The Hall–Kier alpha value is -0.890. The lowest BCUT2D eigenvalue weighted by Gasteiger charge is -2.14. The van der Waals surface area contributed by atoms with Crippen LogP contribution in [0.2, 0.25) is 0 Å². The first-order chi connectivity index (χ1) is 5.61. The van der Waals surface area contributed by atoms with E-state index in [2.05, 4.69) is 0 Å². The standard InChI is InChI=1S/C10H13FO/c1-7(2)10(12)8-4-3-5-9(11)6-8/h3-7,10,12H,1-2H3. The van der Waals surface area contributed by atoms with Crippen molar-refractivity contribution in [3.8, 4) is 0 Å². The smallest absolute Gasteiger partial charge is 0.123 e. The van der Waals surface area contributed by atoms with Crippen molar-refractivity contribution in [1.82, 2.24) is 0 Å². The van der Waals surface area contributed by atoms with Crippen LogP contribution in [0.3, 0.4) is 0 Å². The summed E-state index contributed by atoms with van der Waals surface area (Å²) in [7, 11) is 0. The Labute approximate surface area is 71.9 Å². The summed E-state index contributed by atoms with van der Waals surface area (Å²) in [5.74, 6) is -0.181. The molecule has 0 spiro atoms. The van der Waals surface area contributed by atoms with Crippen molar-refractivity contribution in [2.45, 2.75) is 20.0 Å². The summed E-state index contributed by atoms with van der Waals surface area (Å²) < 4.78 is 12.7. The van der Waals surface area contributed by atoms with Gasteiger partial charge in [0, 0.05) is 0 Å². The maximum absolute atomic E-state index is 12.7. The molecule has 0 aliphatic heterocycles. The number of hydrogen-bond acceptors (Lipinski definition) is 1. The van der Waals surface area contributed by atoms with Gasteiger partial charge in [-0.1, -0.05) is 26.0 Å². The van der Waals surface area contributed by atoms with Crippen molar-refractivity contribution in [3.63, 3.8) is 0 Å². The fourth-order valence-electron chi connectivity index (χ4n) is 1.08. The molecule has 1 rings (SSSR count). The van der Waals surface area contributed by atoms with Gasteiger partial charge in [-0.05, 0) is 23.6 Å². The van der Waals surface area contributed by atoms with Crippen LogP contribution in [-0.4, -0.2) is 5.11 Å². The van der Waals surface area contributed by atoms with Gasteiger partial charge in [-0.3, -0.25) is 0 Å². The van der Waals surface area contributed by atoms with E-state index >= 15 is 0 Å². The van der Waals surface area contributed by atoms with Crippen molar-refractivity contribution >= 4 is 0 Å². The Morgan fingerprint density at radius 1 is 1.33 bits per heavy atom. The van der Waals surface area contributed by atoms with Gasteiger partial charge in [-0.15, -0.1) is 0 Å². The van der Waals surface area contributed by atoms with E-state index in [1.54, 1.807) is 12.1 Å². The fourth-order valence-corrected chi connectivity index (χ4v) is 1.08. The summed E-state index contributed by atoms with van der Waals surface area (Å²) in [5.41, 5.74) is 0.644. The van der Waals surface area contributed by atoms with Crippen LogP contribution >= 0.6 is 0 Å². The summed E-state index contributed by atoms with van der Waals surface area (Å²) in [4.78, 5) is 0. The molecular formula is C10H13FO. The topological polar surface area (TPSA) is 20.2 Å². The average molecular weight is 168 g/mol. The van der Waals surface area contributed by atoms with Crippen LogP contribution < -0.4 is 0 Å². The zero-order valence-corrected chi connectivity index (χ0v) is 7.29. The maximum Gasteiger partial charge on any atom is 0.123 e. The molecule has 1 nitrogen and oxygen atoms in total. The SMILES string of the molecule is CC(C)C(O)c1cccc(F)c1. The molecule has 1 aromatic rings. The van der Waals surface area contributed by atoms with Crippen molar-refractivity contribution in [3.05, 3.63) is 35.6 Å². The lowest BCUT2D eigenvalue weighted by atomic mass is 9.99. The minimum Gasteiger partial charge on any atom is -0.388 e. The van der Waals surface area contributed by atoms with Crippen molar-refractivity contribution in [2.24, 2.45) is 5.92 Å². The molecular weight excluding hydrogens is 155 g/mol. The van der Waals surface area contributed by atoms with Crippen LogP contribution in [0.15, 0.2) is 24.3 Å². The molecule has 66 valence electrons. The Balaban J connectivity index is 2.88. The van der Waals surface area contributed by atoms with Crippen molar-refractivity contribution in [1.29, 1.82) is 0 Å². The quantitative estimate of drug-likeness (QED) is 0.719. The number of hydrogen-bond donors (Lipinski definition) is 1. The number of benzene rings is 1. The number of aliphatic hydroxyl groups is 1. The molecule has 0 radical (unpaired) electrons. The van der Waals surface area contributed by atoms with E-state index in [-0.39, 0.29) is 11.7 Å². The summed E-state index contributed by atoms with van der Waals surface area (Å²) >= 11 is 0. The van der Waals surface area contributed by atoms with E-state index in [0.29, 0.717) is 5.56 Å². The first-order valence-corrected chi connectivity index (χ1v) is 4.05. The Morgan fingerprint density at radius 2 is 2.00 bits per heavy atom. The molecule has 1 unspecified atom stereocenters. The van der Waals surface area contributed by atoms with Gasteiger partial charge in [0.1, 0.15) is 5.82 Å². The van der Waals surface area contributed by atoms with Crippen LogP contribution in [0.1, 0.15) is 25.5 Å². The molecule has 0 aromatic heterocycles. The molecule has 0 aliphatic carbocycles. The molecule has 1 N–H and O–H groups in total. The van der Waals surface area contributed by atoms with Gasteiger partial charge < -0.3 is 5.11 Å². The minimum atomic E-state index is -0.569. The fraction of sp³-hybridized carbons (Fsp3) is 0.400. The first kappa shape index (κ1) is 9.20. The molecule has 0 bridgehead atoms. The Morgan fingerprint density at radius 3 is 2.50 bits per heavy atom. The molecule has 0 saturated carbocycles. The third-order valence-corrected chi connectivity index (χ3v) is 1.82. The zero-order valence-electron chi connectivity index (χ0n) is 7.29. The highest BCUT2D eigenvalue weighted by Gasteiger charge is 2.11. The Kier molecular flexibility index (Phi) is 2.82. The van der Waals surface area contributed by atoms with Crippen LogP contribution in [-0.2, 0) is 0 Å². The van der Waals surface area contributed by atoms with Gasteiger partial charge in [-0.25, -0.2) is 4.39 Å². The van der Waals surface area contributed by atoms with E-state index < -0.39 is 6.10 Å². The molecule has 12 heavy (non-hydrogen) atoms. The van der Waals surface area contributed by atoms with Gasteiger partial charge in [-0.2, -0.15) is 0 Å². The van der Waals surface area contributed by atoms with E-state index in [9.17, 15) is 9.50 Å². The molecule has 0 fully saturated rings. The monoisotopic (exact) mass is 168 g/mol. The molecule has 0 aliphatic rings. The number of rotatable bonds is 2. The molecule has 1 atom stereocenters. The number of halogens is 1. The second-order valence-corrected chi connectivity index (χ2v) is 3.24. The van der Waals surface area contributed by atoms with Crippen LogP contribution in [0.5, 0.6) is 0 Å².